The van der Waals surface area contributed by atoms with Crippen molar-refractivity contribution in [1.29, 1.82) is 0 Å². The summed E-state index contributed by atoms with van der Waals surface area (Å²) in [6, 6.07) is 7.97. The van der Waals surface area contributed by atoms with Crippen LogP contribution in [0.3, 0.4) is 0 Å². The molecule has 0 radical (unpaired) electrons. The van der Waals surface area contributed by atoms with E-state index in [1.165, 1.54) is 5.56 Å². The van der Waals surface area contributed by atoms with E-state index in [2.05, 4.69) is 10.1 Å². The van der Waals surface area contributed by atoms with Crippen molar-refractivity contribution in [2.24, 2.45) is 0 Å². The number of aryl methyl sites for hydroxylation is 1. The Bertz CT molecular complexity index is 434. The first-order valence-electron chi connectivity index (χ1n) is 4.68. The Morgan fingerprint density at radius 3 is 2.67 bits per heavy atom. The minimum atomic E-state index is 0.346. The van der Waals surface area contributed by atoms with E-state index in [0.717, 1.165) is 5.56 Å². The molecule has 2 rings (SSSR count). The molecule has 0 unspecified atom stereocenters. The first-order chi connectivity index (χ1) is 7.29. The summed E-state index contributed by atoms with van der Waals surface area (Å²) in [5.41, 5.74) is 2.16. The largest absolute Gasteiger partial charge is 0.375 e. The van der Waals surface area contributed by atoms with Gasteiger partial charge in [-0.05, 0) is 6.92 Å². The van der Waals surface area contributed by atoms with Gasteiger partial charge in [-0.2, -0.15) is 4.98 Å². The molecule has 0 N–H and O–H groups in total. The fourth-order valence-electron chi connectivity index (χ4n) is 1.26. The van der Waals surface area contributed by atoms with Crippen molar-refractivity contribution in [1.82, 2.24) is 10.1 Å². The third-order valence-corrected chi connectivity index (χ3v) is 2.05. The van der Waals surface area contributed by atoms with E-state index in [0.29, 0.717) is 18.3 Å². The van der Waals surface area contributed by atoms with Crippen molar-refractivity contribution in [3.05, 3.63) is 35.7 Å². The van der Waals surface area contributed by atoms with Gasteiger partial charge in [0.05, 0.1) is 0 Å². The monoisotopic (exact) mass is 204 g/mol. The summed E-state index contributed by atoms with van der Waals surface area (Å²) in [6.45, 7) is 2.38. The Morgan fingerprint density at radius 1 is 1.27 bits per heavy atom. The van der Waals surface area contributed by atoms with Crippen LogP contribution in [0.1, 0.15) is 11.5 Å². The normalized spacial score (nSPS) is 10.5. The van der Waals surface area contributed by atoms with E-state index in [9.17, 15) is 0 Å². The molecule has 0 aliphatic heterocycles. The number of benzene rings is 1. The second-order valence-electron chi connectivity index (χ2n) is 3.31. The predicted molar refractivity (Wildman–Crippen MR) is 55.2 cm³/mol. The van der Waals surface area contributed by atoms with Crippen LogP contribution in [0.5, 0.6) is 0 Å². The summed E-state index contributed by atoms with van der Waals surface area (Å²) in [7, 11) is 1.59. The summed E-state index contributed by atoms with van der Waals surface area (Å²) < 4.78 is 9.90. The fraction of sp³-hybridized carbons (Fsp3) is 0.273. The average Bonchev–Trinajstić information content (AvgIpc) is 2.68. The van der Waals surface area contributed by atoms with Gasteiger partial charge in [-0.25, -0.2) is 0 Å². The maximum absolute atomic E-state index is 5.00. The summed E-state index contributed by atoms with van der Waals surface area (Å²) in [4.78, 5) is 4.20. The molecular formula is C11H12N2O2. The van der Waals surface area contributed by atoms with Gasteiger partial charge in [0.25, 0.3) is 5.89 Å². The Morgan fingerprint density at radius 2 is 2.00 bits per heavy atom. The molecule has 2 aromatic rings. The zero-order valence-electron chi connectivity index (χ0n) is 8.73. The molecular weight excluding hydrogens is 192 g/mol. The van der Waals surface area contributed by atoms with Crippen LogP contribution in [0.4, 0.5) is 0 Å². The van der Waals surface area contributed by atoms with Crippen LogP contribution in [-0.2, 0) is 11.3 Å². The summed E-state index contributed by atoms with van der Waals surface area (Å²) in [6.07, 6.45) is 0. The first-order valence-corrected chi connectivity index (χ1v) is 4.68. The van der Waals surface area contributed by atoms with E-state index in [-0.39, 0.29) is 0 Å². The molecule has 0 aliphatic rings. The van der Waals surface area contributed by atoms with Crippen LogP contribution in [0, 0.1) is 6.92 Å². The third-order valence-electron chi connectivity index (χ3n) is 2.05. The van der Waals surface area contributed by atoms with Crippen LogP contribution < -0.4 is 0 Å². The molecule has 0 saturated carbocycles. The van der Waals surface area contributed by atoms with Crippen molar-refractivity contribution in [3.63, 3.8) is 0 Å². The van der Waals surface area contributed by atoms with Crippen molar-refractivity contribution >= 4 is 0 Å². The summed E-state index contributed by atoms with van der Waals surface area (Å²) in [5, 5.41) is 3.87. The molecule has 4 heteroatoms. The standard InChI is InChI=1S/C11H12N2O2/c1-8-3-5-9(6-4-8)11-12-10(7-14-2)15-13-11/h3-6H,7H2,1-2H3. The second-order valence-corrected chi connectivity index (χ2v) is 3.31. The Balaban J connectivity index is 2.25. The number of hydrogen-bond donors (Lipinski definition) is 0. The zero-order valence-corrected chi connectivity index (χ0v) is 8.73. The van der Waals surface area contributed by atoms with Gasteiger partial charge in [-0.3, -0.25) is 0 Å². The molecule has 1 aromatic heterocycles. The molecule has 1 heterocycles. The van der Waals surface area contributed by atoms with Gasteiger partial charge in [0.15, 0.2) is 0 Å². The van der Waals surface area contributed by atoms with Gasteiger partial charge in [-0.15, -0.1) is 0 Å². The SMILES string of the molecule is COCc1nc(-c2ccc(C)cc2)no1. The number of ether oxygens (including phenoxy) is 1. The van der Waals surface area contributed by atoms with Gasteiger partial charge in [0, 0.05) is 12.7 Å². The van der Waals surface area contributed by atoms with Crippen LogP contribution >= 0.6 is 0 Å². The van der Waals surface area contributed by atoms with Crippen LogP contribution in [-0.4, -0.2) is 17.3 Å². The van der Waals surface area contributed by atoms with Crippen LogP contribution in [0.15, 0.2) is 28.8 Å². The molecule has 0 bridgehead atoms. The van der Waals surface area contributed by atoms with E-state index in [4.69, 9.17) is 9.26 Å². The van der Waals surface area contributed by atoms with Crippen molar-refractivity contribution < 1.29 is 9.26 Å². The van der Waals surface area contributed by atoms with Crippen molar-refractivity contribution in [3.8, 4) is 11.4 Å². The third kappa shape index (κ3) is 2.22. The number of rotatable bonds is 3. The second kappa shape index (κ2) is 4.23. The highest BCUT2D eigenvalue weighted by molar-refractivity contribution is 5.54. The molecule has 78 valence electrons. The Kier molecular flexibility index (Phi) is 2.78. The Hall–Kier alpha value is -1.68. The molecule has 0 spiro atoms. The van der Waals surface area contributed by atoms with Crippen LogP contribution in [0.25, 0.3) is 11.4 Å². The maximum Gasteiger partial charge on any atom is 0.252 e. The summed E-state index contributed by atoms with van der Waals surface area (Å²) in [5.74, 6) is 1.09. The quantitative estimate of drug-likeness (QED) is 0.768. The fourth-order valence-corrected chi connectivity index (χ4v) is 1.26. The average molecular weight is 204 g/mol. The minimum Gasteiger partial charge on any atom is -0.375 e. The molecule has 0 fully saturated rings. The topological polar surface area (TPSA) is 48.2 Å². The lowest BCUT2D eigenvalue weighted by atomic mass is 10.1. The molecule has 0 amide bonds. The first kappa shape index (κ1) is 9.86. The molecule has 4 nitrogen and oxygen atoms in total. The highest BCUT2D eigenvalue weighted by Crippen LogP contribution is 2.16. The predicted octanol–water partition coefficient (Wildman–Crippen LogP) is 2.19. The maximum atomic E-state index is 5.00. The van der Waals surface area contributed by atoms with E-state index in [1.54, 1.807) is 7.11 Å². The van der Waals surface area contributed by atoms with Gasteiger partial charge in [-0.1, -0.05) is 35.0 Å². The zero-order chi connectivity index (χ0) is 10.7. The lowest BCUT2D eigenvalue weighted by Gasteiger charge is -1.94. The van der Waals surface area contributed by atoms with Crippen molar-refractivity contribution in [2.75, 3.05) is 7.11 Å². The lowest BCUT2D eigenvalue weighted by molar-refractivity contribution is 0.151. The van der Waals surface area contributed by atoms with E-state index >= 15 is 0 Å². The molecule has 1 aromatic carbocycles. The summed E-state index contributed by atoms with van der Waals surface area (Å²) >= 11 is 0. The van der Waals surface area contributed by atoms with Crippen LogP contribution in [0.2, 0.25) is 0 Å². The molecule has 0 atom stereocenters. The lowest BCUT2D eigenvalue weighted by Crippen LogP contribution is -1.87. The van der Waals surface area contributed by atoms with E-state index < -0.39 is 0 Å². The number of hydrogen-bond acceptors (Lipinski definition) is 4. The highest BCUT2D eigenvalue weighted by Gasteiger charge is 2.07. The minimum absolute atomic E-state index is 0.346. The Labute approximate surface area is 87.9 Å². The van der Waals surface area contributed by atoms with Crippen molar-refractivity contribution in [2.45, 2.75) is 13.5 Å². The number of nitrogens with zero attached hydrogens (tertiary/aromatic N) is 2. The highest BCUT2D eigenvalue weighted by atomic mass is 16.5. The number of methoxy groups -OCH3 is 1. The van der Waals surface area contributed by atoms with E-state index in [1.807, 2.05) is 31.2 Å². The molecule has 0 aliphatic carbocycles. The van der Waals surface area contributed by atoms with Gasteiger partial charge < -0.3 is 9.26 Å². The van der Waals surface area contributed by atoms with Gasteiger partial charge in [0.1, 0.15) is 6.61 Å². The van der Waals surface area contributed by atoms with Gasteiger partial charge >= 0.3 is 0 Å². The van der Waals surface area contributed by atoms with Gasteiger partial charge in [0.2, 0.25) is 5.82 Å². The number of aromatic nitrogens is 2. The smallest absolute Gasteiger partial charge is 0.252 e. The molecule has 0 saturated heterocycles. The molecule has 15 heavy (non-hydrogen) atoms.